The first kappa shape index (κ1) is 22.4. The number of rotatable bonds is 5. The molecule has 3 aromatic heterocycles. The van der Waals surface area contributed by atoms with Crippen molar-refractivity contribution >= 4 is 22.8 Å². The van der Waals surface area contributed by atoms with Crippen LogP contribution in [0.25, 0.3) is 16.7 Å². The first-order valence-electron chi connectivity index (χ1n) is 11.9. The zero-order chi connectivity index (χ0) is 25.0. The molecule has 11 heteroatoms. The highest BCUT2D eigenvalue weighted by Gasteiger charge is 2.51. The molecule has 36 heavy (non-hydrogen) atoms. The molecule has 1 saturated carbocycles. The van der Waals surface area contributed by atoms with Gasteiger partial charge in [0.1, 0.15) is 11.5 Å². The van der Waals surface area contributed by atoms with Crippen LogP contribution in [-0.2, 0) is 0 Å². The minimum Gasteiger partial charge on any atom is -0.367 e. The number of anilines is 1. The van der Waals surface area contributed by atoms with Gasteiger partial charge in [-0.25, -0.2) is 18.7 Å². The molecule has 3 fully saturated rings. The number of carbonyl (C=O) groups is 1. The highest BCUT2D eigenvalue weighted by molar-refractivity contribution is 5.96. The van der Waals surface area contributed by atoms with Gasteiger partial charge < -0.3 is 10.2 Å². The number of piperidine rings is 2. The quantitative estimate of drug-likeness (QED) is 0.457. The van der Waals surface area contributed by atoms with E-state index in [9.17, 15) is 13.6 Å². The van der Waals surface area contributed by atoms with Gasteiger partial charge in [0.25, 0.3) is 5.91 Å². The van der Waals surface area contributed by atoms with Crippen LogP contribution in [0, 0.1) is 30.4 Å². The number of pyridine rings is 1. The molecule has 4 aromatic rings. The Hall–Kier alpha value is -4.02. The van der Waals surface area contributed by atoms with Crippen molar-refractivity contribution < 1.29 is 13.6 Å². The number of amides is 1. The van der Waals surface area contributed by atoms with Crippen molar-refractivity contribution in [3.63, 3.8) is 0 Å². The zero-order valence-corrected chi connectivity index (χ0v) is 19.8. The van der Waals surface area contributed by atoms with Crippen molar-refractivity contribution in [3.8, 4) is 5.69 Å². The lowest BCUT2D eigenvalue weighted by Crippen LogP contribution is -2.64. The van der Waals surface area contributed by atoms with Crippen molar-refractivity contribution in [2.75, 3.05) is 11.9 Å². The Morgan fingerprint density at radius 2 is 1.81 bits per heavy atom. The summed E-state index contributed by atoms with van der Waals surface area (Å²) in [4.78, 5) is 30.5. The third-order valence-corrected chi connectivity index (χ3v) is 7.41. The van der Waals surface area contributed by atoms with E-state index in [1.54, 1.807) is 12.4 Å². The predicted molar refractivity (Wildman–Crippen MR) is 127 cm³/mol. The maximum Gasteiger partial charge on any atom is 0.275 e. The lowest BCUT2D eigenvalue weighted by molar-refractivity contribution is -0.0505. The second-order valence-corrected chi connectivity index (χ2v) is 9.55. The Morgan fingerprint density at radius 3 is 2.56 bits per heavy atom. The molecule has 3 aliphatic rings. The second kappa shape index (κ2) is 8.58. The summed E-state index contributed by atoms with van der Waals surface area (Å²) in [5, 5.41) is 11.7. The van der Waals surface area contributed by atoms with Crippen LogP contribution in [0.2, 0.25) is 0 Å². The van der Waals surface area contributed by atoms with Crippen LogP contribution in [-0.4, -0.2) is 59.4 Å². The number of nitrogens with one attached hydrogen (secondary N) is 1. The third kappa shape index (κ3) is 3.75. The van der Waals surface area contributed by atoms with Gasteiger partial charge in [0.05, 0.1) is 35.7 Å². The minimum atomic E-state index is -0.972. The van der Waals surface area contributed by atoms with Gasteiger partial charge in [-0.3, -0.25) is 9.78 Å². The molecule has 2 atom stereocenters. The predicted octanol–water partition coefficient (Wildman–Crippen LogP) is 3.54. The lowest BCUT2D eigenvalue weighted by atomic mass is 9.64. The molecule has 9 nitrogen and oxygen atoms in total. The number of benzene rings is 1. The molecule has 1 N–H and O–H groups in total. The third-order valence-electron chi connectivity index (χ3n) is 7.41. The topological polar surface area (TPSA) is 102 Å². The summed E-state index contributed by atoms with van der Waals surface area (Å²) in [6.45, 7) is 4.45. The number of aromatic nitrogens is 6. The van der Waals surface area contributed by atoms with Crippen molar-refractivity contribution in [3.05, 3.63) is 65.9 Å². The lowest BCUT2D eigenvalue weighted by Gasteiger charge is -2.57. The largest absolute Gasteiger partial charge is 0.367 e. The molecule has 2 aliphatic heterocycles. The van der Waals surface area contributed by atoms with E-state index >= 15 is 0 Å². The fourth-order valence-electron chi connectivity index (χ4n) is 5.36. The summed E-state index contributed by atoms with van der Waals surface area (Å²) >= 11 is 0. The van der Waals surface area contributed by atoms with Gasteiger partial charge in [0.2, 0.25) is 0 Å². The van der Waals surface area contributed by atoms with E-state index < -0.39 is 11.6 Å². The molecule has 1 unspecified atom stereocenters. The fourth-order valence-corrected chi connectivity index (χ4v) is 5.36. The standard InChI is InChI=1S/C25H24F2N8O/c1-13-3-4-21(35-30-5-6-31-35)24(32-13)25(36)34-16-7-15(8-16)14(2)22(34)11-29-23-12-28-19-9-17(26)18(27)10-20(19)33-23/h3-6,9-10,12,14-16,22H,7-8,11H2,1-2H3,(H,29,33)/t14-,15?,16?,22?/m1/s1. The first-order chi connectivity index (χ1) is 17.4. The number of aryl methyl sites for hydroxylation is 1. The summed E-state index contributed by atoms with van der Waals surface area (Å²) in [5.41, 5.74) is 2.11. The van der Waals surface area contributed by atoms with Crippen molar-refractivity contribution in [1.82, 2.24) is 34.8 Å². The monoisotopic (exact) mass is 490 g/mol. The van der Waals surface area contributed by atoms with Gasteiger partial charge in [-0.2, -0.15) is 10.2 Å². The molecular weight excluding hydrogens is 466 g/mol. The molecule has 2 bridgehead atoms. The first-order valence-corrected chi connectivity index (χ1v) is 11.9. The van der Waals surface area contributed by atoms with E-state index in [1.807, 2.05) is 24.0 Å². The fraction of sp³-hybridized carbons (Fsp3) is 0.360. The smallest absolute Gasteiger partial charge is 0.275 e. The number of hydrogen-bond donors (Lipinski definition) is 1. The van der Waals surface area contributed by atoms with Crippen molar-refractivity contribution in [2.45, 2.75) is 38.8 Å². The van der Waals surface area contributed by atoms with Crippen LogP contribution in [0.1, 0.15) is 35.9 Å². The van der Waals surface area contributed by atoms with E-state index in [2.05, 4.69) is 37.4 Å². The Kier molecular flexibility index (Phi) is 5.35. The van der Waals surface area contributed by atoms with Gasteiger partial charge in [-0.15, -0.1) is 4.80 Å². The van der Waals surface area contributed by atoms with Crippen LogP contribution >= 0.6 is 0 Å². The zero-order valence-electron chi connectivity index (χ0n) is 19.8. The van der Waals surface area contributed by atoms with E-state index in [1.165, 1.54) is 11.0 Å². The Morgan fingerprint density at radius 1 is 1.08 bits per heavy atom. The number of fused-ring (bicyclic) bond motifs is 3. The van der Waals surface area contributed by atoms with Crippen LogP contribution in [0.3, 0.4) is 0 Å². The van der Waals surface area contributed by atoms with Gasteiger partial charge in [0, 0.05) is 30.4 Å². The van der Waals surface area contributed by atoms with Crippen LogP contribution < -0.4 is 5.32 Å². The molecule has 5 heterocycles. The summed E-state index contributed by atoms with van der Waals surface area (Å²) < 4.78 is 27.2. The van der Waals surface area contributed by atoms with Crippen LogP contribution in [0.4, 0.5) is 14.6 Å². The van der Waals surface area contributed by atoms with Gasteiger partial charge in [0.15, 0.2) is 17.3 Å². The normalized spacial score (nSPS) is 22.9. The summed E-state index contributed by atoms with van der Waals surface area (Å²) in [6.07, 6.45) is 6.54. The maximum absolute atomic E-state index is 14.0. The molecule has 1 aromatic carbocycles. The number of nitrogens with zero attached hydrogens (tertiary/aromatic N) is 7. The van der Waals surface area contributed by atoms with E-state index in [0.717, 1.165) is 30.7 Å². The molecule has 0 radical (unpaired) electrons. The highest BCUT2D eigenvalue weighted by Crippen LogP contribution is 2.47. The van der Waals surface area contributed by atoms with E-state index in [-0.39, 0.29) is 34.9 Å². The molecule has 7 rings (SSSR count). The van der Waals surface area contributed by atoms with E-state index in [4.69, 9.17) is 0 Å². The van der Waals surface area contributed by atoms with Gasteiger partial charge in [-0.1, -0.05) is 6.92 Å². The van der Waals surface area contributed by atoms with Crippen LogP contribution in [0.5, 0.6) is 0 Å². The number of halogens is 2. The average Bonchev–Trinajstić information content (AvgIpc) is 3.37. The summed E-state index contributed by atoms with van der Waals surface area (Å²) in [6, 6.07) is 5.72. The van der Waals surface area contributed by atoms with Gasteiger partial charge >= 0.3 is 0 Å². The van der Waals surface area contributed by atoms with Gasteiger partial charge in [-0.05, 0) is 43.7 Å². The molecule has 184 valence electrons. The Balaban J connectivity index is 1.29. The molecule has 2 saturated heterocycles. The molecule has 0 spiro atoms. The number of hydrogen-bond acceptors (Lipinski definition) is 7. The van der Waals surface area contributed by atoms with E-state index in [0.29, 0.717) is 29.7 Å². The second-order valence-electron chi connectivity index (χ2n) is 9.55. The maximum atomic E-state index is 14.0. The average molecular weight is 491 g/mol. The molecule has 1 aliphatic carbocycles. The summed E-state index contributed by atoms with van der Waals surface area (Å²) in [5.74, 6) is -0.862. The molecule has 1 amide bonds. The molecular formula is C25H24F2N8O. The number of carbonyl (C=O) groups excluding carboxylic acids is 1. The highest BCUT2D eigenvalue weighted by atomic mass is 19.2. The summed E-state index contributed by atoms with van der Waals surface area (Å²) in [7, 11) is 0. The Bertz CT molecular complexity index is 1450. The SMILES string of the molecule is Cc1ccc(-n2nccn2)c(C(=O)N2C3CC(C3)[C@@H](C)C2CNc2cnc3cc(F)c(F)cc3n2)n1. The Labute approximate surface area is 205 Å². The van der Waals surface area contributed by atoms with Crippen LogP contribution in [0.15, 0.2) is 42.9 Å². The van der Waals surface area contributed by atoms with Crippen molar-refractivity contribution in [1.29, 1.82) is 0 Å². The minimum absolute atomic E-state index is 0.113. The van der Waals surface area contributed by atoms with Crippen molar-refractivity contribution in [2.24, 2.45) is 11.8 Å².